The van der Waals surface area contributed by atoms with Gasteiger partial charge in [-0.1, -0.05) is 28.1 Å². The second kappa shape index (κ2) is 5.88. The van der Waals surface area contributed by atoms with Crippen LogP contribution in [0.1, 0.15) is 28.8 Å². The van der Waals surface area contributed by atoms with Crippen molar-refractivity contribution in [2.75, 3.05) is 0 Å². The predicted octanol–water partition coefficient (Wildman–Crippen LogP) is 2.34. The summed E-state index contributed by atoms with van der Waals surface area (Å²) in [4.78, 5) is 28.2. The molecule has 0 bridgehead atoms. The Morgan fingerprint density at radius 2 is 1.82 bits per heavy atom. The number of amides is 2. The van der Waals surface area contributed by atoms with Crippen molar-refractivity contribution in [2.45, 2.75) is 18.3 Å². The molecule has 1 aliphatic rings. The lowest BCUT2D eigenvalue weighted by atomic mass is 9.95. The monoisotopic (exact) mass is 359 g/mol. The molecule has 22 heavy (non-hydrogen) atoms. The van der Waals surface area contributed by atoms with Crippen molar-refractivity contribution in [1.29, 1.82) is 0 Å². The second-order valence-corrected chi connectivity index (χ2v) is 6.15. The number of aromatic nitrogens is 1. The highest BCUT2D eigenvalue weighted by Crippen LogP contribution is 2.48. The number of hydrogen-bond acceptors (Lipinski definition) is 3. The molecule has 0 aliphatic heterocycles. The smallest absolute Gasteiger partial charge is 0.271 e. The van der Waals surface area contributed by atoms with Crippen LogP contribution in [-0.4, -0.2) is 16.8 Å². The Hall–Kier alpha value is -2.21. The van der Waals surface area contributed by atoms with Gasteiger partial charge in [-0.15, -0.1) is 0 Å². The number of nitrogens with zero attached hydrogens (tertiary/aromatic N) is 1. The molecule has 0 atom stereocenters. The van der Waals surface area contributed by atoms with Gasteiger partial charge >= 0.3 is 0 Å². The number of halogens is 1. The molecule has 1 aromatic heterocycles. The van der Waals surface area contributed by atoms with E-state index in [1.54, 1.807) is 18.3 Å². The van der Waals surface area contributed by atoms with Gasteiger partial charge in [0.1, 0.15) is 0 Å². The fourth-order valence-electron chi connectivity index (χ4n) is 2.34. The Kier molecular flexibility index (Phi) is 3.94. The fourth-order valence-corrected chi connectivity index (χ4v) is 2.61. The second-order valence-electron chi connectivity index (χ2n) is 5.24. The first-order valence-electron chi connectivity index (χ1n) is 6.89. The highest BCUT2D eigenvalue weighted by Gasteiger charge is 2.51. The van der Waals surface area contributed by atoms with E-state index >= 15 is 0 Å². The minimum Gasteiger partial charge on any atom is -0.272 e. The summed E-state index contributed by atoms with van der Waals surface area (Å²) < 4.78 is 0.970. The van der Waals surface area contributed by atoms with Crippen LogP contribution in [0.15, 0.2) is 53.3 Å². The molecule has 1 heterocycles. The zero-order valence-electron chi connectivity index (χ0n) is 11.7. The van der Waals surface area contributed by atoms with Crippen molar-refractivity contribution >= 4 is 27.7 Å². The zero-order chi connectivity index (χ0) is 15.6. The van der Waals surface area contributed by atoms with Crippen LogP contribution in [0.25, 0.3) is 0 Å². The van der Waals surface area contributed by atoms with E-state index < -0.39 is 5.41 Å². The summed E-state index contributed by atoms with van der Waals surface area (Å²) in [7, 11) is 0. The van der Waals surface area contributed by atoms with Crippen LogP contribution in [0.2, 0.25) is 0 Å². The third-order valence-corrected chi connectivity index (χ3v) is 4.32. The standard InChI is InChI=1S/C16H14BrN3O2/c17-13-5-3-12(4-6-13)16(7-8-16)15(22)20-19-14(21)11-2-1-9-18-10-11/h1-6,9-10H,7-8H2,(H,19,21)(H,20,22). The van der Waals surface area contributed by atoms with Crippen LogP contribution >= 0.6 is 15.9 Å². The van der Waals surface area contributed by atoms with E-state index in [1.807, 2.05) is 24.3 Å². The van der Waals surface area contributed by atoms with Gasteiger partial charge in [-0.05, 0) is 42.7 Å². The molecule has 6 heteroatoms. The molecule has 1 aliphatic carbocycles. The Morgan fingerprint density at radius 1 is 1.09 bits per heavy atom. The highest BCUT2D eigenvalue weighted by molar-refractivity contribution is 9.10. The molecule has 2 N–H and O–H groups in total. The average Bonchev–Trinajstić information content (AvgIpc) is 3.35. The summed E-state index contributed by atoms with van der Waals surface area (Å²) in [6.45, 7) is 0. The zero-order valence-corrected chi connectivity index (χ0v) is 13.3. The largest absolute Gasteiger partial charge is 0.272 e. The maximum Gasteiger partial charge on any atom is 0.271 e. The summed E-state index contributed by atoms with van der Waals surface area (Å²) in [5, 5.41) is 0. The lowest BCUT2D eigenvalue weighted by Crippen LogP contribution is -2.46. The Bertz CT molecular complexity index is 697. The number of nitrogens with one attached hydrogen (secondary N) is 2. The predicted molar refractivity (Wildman–Crippen MR) is 84.9 cm³/mol. The van der Waals surface area contributed by atoms with Gasteiger partial charge in [0, 0.05) is 16.9 Å². The van der Waals surface area contributed by atoms with Crippen LogP contribution in [0.3, 0.4) is 0 Å². The Labute approximate surface area is 136 Å². The van der Waals surface area contributed by atoms with Gasteiger partial charge in [-0.2, -0.15) is 0 Å². The number of carbonyl (C=O) groups excluding carboxylic acids is 2. The first-order chi connectivity index (χ1) is 10.6. The number of hydrazine groups is 1. The number of hydrogen-bond donors (Lipinski definition) is 2. The molecule has 2 aromatic rings. The van der Waals surface area contributed by atoms with Crippen LogP contribution in [0.5, 0.6) is 0 Å². The van der Waals surface area contributed by atoms with E-state index in [9.17, 15) is 9.59 Å². The normalized spacial score (nSPS) is 15.0. The van der Waals surface area contributed by atoms with Crippen LogP contribution in [-0.2, 0) is 10.2 Å². The number of benzene rings is 1. The Balaban J connectivity index is 1.65. The molecule has 1 saturated carbocycles. The quantitative estimate of drug-likeness (QED) is 0.826. The van der Waals surface area contributed by atoms with Crippen molar-refractivity contribution in [1.82, 2.24) is 15.8 Å². The fraction of sp³-hybridized carbons (Fsp3) is 0.188. The van der Waals surface area contributed by atoms with Gasteiger partial charge in [0.05, 0.1) is 11.0 Å². The lowest BCUT2D eigenvalue weighted by molar-refractivity contribution is -0.124. The first kappa shape index (κ1) is 14.7. The summed E-state index contributed by atoms with van der Waals surface area (Å²) in [5.41, 5.74) is 5.79. The molecule has 0 unspecified atom stereocenters. The molecule has 0 radical (unpaired) electrons. The van der Waals surface area contributed by atoms with Crippen molar-refractivity contribution < 1.29 is 9.59 Å². The van der Waals surface area contributed by atoms with Gasteiger partial charge in [0.2, 0.25) is 5.91 Å². The third-order valence-electron chi connectivity index (χ3n) is 3.79. The molecule has 2 amide bonds. The lowest BCUT2D eigenvalue weighted by Gasteiger charge is -2.16. The van der Waals surface area contributed by atoms with E-state index in [-0.39, 0.29) is 11.8 Å². The van der Waals surface area contributed by atoms with Gasteiger partial charge < -0.3 is 0 Å². The van der Waals surface area contributed by atoms with E-state index in [2.05, 4.69) is 31.8 Å². The van der Waals surface area contributed by atoms with Crippen LogP contribution < -0.4 is 10.9 Å². The van der Waals surface area contributed by atoms with E-state index in [0.717, 1.165) is 22.9 Å². The molecule has 112 valence electrons. The van der Waals surface area contributed by atoms with Gasteiger partial charge in [0.25, 0.3) is 5.91 Å². The summed E-state index contributed by atoms with van der Waals surface area (Å²) >= 11 is 3.38. The first-order valence-corrected chi connectivity index (χ1v) is 7.68. The van der Waals surface area contributed by atoms with Gasteiger partial charge in [-0.25, -0.2) is 0 Å². The van der Waals surface area contributed by atoms with Crippen LogP contribution in [0.4, 0.5) is 0 Å². The SMILES string of the molecule is O=C(NNC(=O)C1(c2ccc(Br)cc2)CC1)c1cccnc1. The summed E-state index contributed by atoms with van der Waals surface area (Å²) in [6.07, 6.45) is 4.59. The molecule has 1 fully saturated rings. The number of rotatable bonds is 3. The van der Waals surface area contributed by atoms with E-state index in [0.29, 0.717) is 5.56 Å². The van der Waals surface area contributed by atoms with Crippen molar-refractivity contribution in [2.24, 2.45) is 0 Å². The maximum absolute atomic E-state index is 12.4. The maximum atomic E-state index is 12.4. The van der Waals surface area contributed by atoms with E-state index in [4.69, 9.17) is 0 Å². The molecule has 1 aromatic carbocycles. The average molecular weight is 360 g/mol. The number of carbonyl (C=O) groups is 2. The number of pyridine rings is 1. The van der Waals surface area contributed by atoms with Gasteiger partial charge in [-0.3, -0.25) is 25.4 Å². The summed E-state index contributed by atoms with van der Waals surface area (Å²) in [5.74, 6) is -0.569. The van der Waals surface area contributed by atoms with E-state index in [1.165, 1.54) is 6.20 Å². The molecule has 5 nitrogen and oxygen atoms in total. The van der Waals surface area contributed by atoms with Crippen molar-refractivity contribution in [3.05, 3.63) is 64.4 Å². The molecular formula is C16H14BrN3O2. The molecule has 0 spiro atoms. The highest BCUT2D eigenvalue weighted by atomic mass is 79.9. The molecule has 3 rings (SSSR count). The van der Waals surface area contributed by atoms with Gasteiger partial charge in [0.15, 0.2) is 0 Å². The third kappa shape index (κ3) is 2.87. The summed E-state index contributed by atoms with van der Waals surface area (Å²) in [6, 6.07) is 11.0. The molecular weight excluding hydrogens is 346 g/mol. The Morgan fingerprint density at radius 3 is 2.41 bits per heavy atom. The minimum atomic E-state index is -0.525. The topological polar surface area (TPSA) is 71.1 Å². The minimum absolute atomic E-state index is 0.188. The van der Waals surface area contributed by atoms with Crippen molar-refractivity contribution in [3.63, 3.8) is 0 Å². The van der Waals surface area contributed by atoms with Crippen LogP contribution in [0, 0.1) is 0 Å². The van der Waals surface area contributed by atoms with Crippen molar-refractivity contribution in [3.8, 4) is 0 Å². The molecule has 0 saturated heterocycles.